The molecule has 3 rings (SSSR count). The van der Waals surface area contributed by atoms with Gasteiger partial charge in [-0.25, -0.2) is 9.48 Å². The lowest BCUT2D eigenvalue weighted by molar-refractivity contribution is 0.0688. The van der Waals surface area contributed by atoms with E-state index >= 15 is 0 Å². The molecule has 0 spiro atoms. The molecule has 0 saturated carbocycles. The van der Waals surface area contributed by atoms with Gasteiger partial charge >= 0.3 is 5.97 Å². The number of carboxylic acids is 1. The molecular formula is C20H19Cl2N3O3. The minimum atomic E-state index is -1.10. The fourth-order valence-corrected chi connectivity index (χ4v) is 3.45. The minimum absolute atomic E-state index is 0.0227. The van der Waals surface area contributed by atoms with Crippen molar-refractivity contribution in [2.45, 2.75) is 6.54 Å². The first-order valence-electron chi connectivity index (χ1n) is 8.41. The molecule has 3 aromatic rings. The smallest absolute Gasteiger partial charge is 0.356 e. The van der Waals surface area contributed by atoms with E-state index in [1.165, 1.54) is 0 Å². The van der Waals surface area contributed by atoms with Crippen molar-refractivity contribution in [1.29, 1.82) is 0 Å². The van der Waals surface area contributed by atoms with E-state index in [0.717, 1.165) is 5.56 Å². The molecule has 8 heteroatoms. The third-order valence-electron chi connectivity index (χ3n) is 4.16. The molecule has 6 nitrogen and oxygen atoms in total. The lowest BCUT2D eigenvalue weighted by Gasteiger charge is -2.14. The maximum absolute atomic E-state index is 11.9. The van der Waals surface area contributed by atoms with E-state index in [2.05, 4.69) is 5.10 Å². The summed E-state index contributed by atoms with van der Waals surface area (Å²) < 4.78 is 6.79. The zero-order valence-corrected chi connectivity index (χ0v) is 17.1. The number of rotatable bonds is 6. The van der Waals surface area contributed by atoms with Crippen LogP contribution in [-0.4, -0.2) is 47.0 Å². The molecule has 0 fully saturated rings. The van der Waals surface area contributed by atoms with E-state index < -0.39 is 5.97 Å². The number of aromatic carboxylic acids is 1. The van der Waals surface area contributed by atoms with Gasteiger partial charge in [0.15, 0.2) is 5.69 Å². The van der Waals surface area contributed by atoms with Crippen molar-refractivity contribution in [3.8, 4) is 22.7 Å². The van der Waals surface area contributed by atoms with Crippen molar-refractivity contribution >= 4 is 29.2 Å². The lowest BCUT2D eigenvalue weighted by Crippen LogP contribution is -2.14. The van der Waals surface area contributed by atoms with Gasteiger partial charge in [0.25, 0.3) is 0 Å². The third-order valence-corrected chi connectivity index (χ3v) is 4.70. The quantitative estimate of drug-likeness (QED) is 0.631. The maximum atomic E-state index is 11.9. The van der Waals surface area contributed by atoms with E-state index in [1.807, 2.05) is 43.3 Å². The standard InChI is InChI=1S/C20H19Cl2N3O3/c1-24(2)11-15-18(20(26)27)23-25(17-9-6-13(21)10-16(17)22)19(15)12-4-7-14(28-3)8-5-12/h4-10H,11H2,1-3H3,(H,26,27). The van der Waals surface area contributed by atoms with Crippen molar-refractivity contribution in [2.75, 3.05) is 21.2 Å². The second-order valence-electron chi connectivity index (χ2n) is 6.45. The zero-order chi connectivity index (χ0) is 20.4. The van der Waals surface area contributed by atoms with Crippen molar-refractivity contribution in [1.82, 2.24) is 14.7 Å². The van der Waals surface area contributed by atoms with Gasteiger partial charge in [0, 0.05) is 22.7 Å². The highest BCUT2D eigenvalue weighted by Gasteiger charge is 2.25. The summed E-state index contributed by atoms with van der Waals surface area (Å²) in [6, 6.07) is 12.4. The Morgan fingerprint density at radius 3 is 2.39 bits per heavy atom. The first-order valence-corrected chi connectivity index (χ1v) is 9.17. The first kappa shape index (κ1) is 20.2. The molecule has 1 aromatic heterocycles. The molecule has 0 aliphatic heterocycles. The van der Waals surface area contributed by atoms with Crippen LogP contribution in [0.25, 0.3) is 16.9 Å². The Morgan fingerprint density at radius 2 is 1.86 bits per heavy atom. The van der Waals surface area contributed by atoms with Crippen LogP contribution in [-0.2, 0) is 6.54 Å². The number of hydrogen-bond acceptors (Lipinski definition) is 4. The molecule has 0 amide bonds. The number of aromatic nitrogens is 2. The molecule has 0 bridgehead atoms. The van der Waals surface area contributed by atoms with E-state index in [9.17, 15) is 9.90 Å². The van der Waals surface area contributed by atoms with Crippen LogP contribution in [0, 0.1) is 0 Å². The van der Waals surface area contributed by atoms with Crippen molar-refractivity contribution in [3.63, 3.8) is 0 Å². The predicted molar refractivity (Wildman–Crippen MR) is 110 cm³/mol. The third kappa shape index (κ3) is 3.99. The van der Waals surface area contributed by atoms with Gasteiger partial charge in [0.1, 0.15) is 5.75 Å². The number of benzene rings is 2. The number of ether oxygens (including phenoxy) is 1. The number of carbonyl (C=O) groups is 1. The summed E-state index contributed by atoms with van der Waals surface area (Å²) in [4.78, 5) is 13.8. The van der Waals surface area contributed by atoms with Crippen molar-refractivity contribution in [3.05, 3.63) is 63.8 Å². The van der Waals surface area contributed by atoms with Gasteiger partial charge in [-0.2, -0.15) is 5.10 Å². The molecule has 0 saturated heterocycles. The number of methoxy groups -OCH3 is 1. The van der Waals surface area contributed by atoms with Crippen LogP contribution in [0.2, 0.25) is 10.0 Å². The van der Waals surface area contributed by atoms with Gasteiger partial charge in [-0.3, -0.25) is 0 Å². The second-order valence-corrected chi connectivity index (χ2v) is 7.30. The Bertz CT molecular complexity index is 1010. The fraction of sp³-hybridized carbons (Fsp3) is 0.200. The second kappa shape index (κ2) is 8.22. The summed E-state index contributed by atoms with van der Waals surface area (Å²) in [5, 5.41) is 15.0. The van der Waals surface area contributed by atoms with Gasteiger partial charge in [0.05, 0.1) is 23.5 Å². The molecule has 1 heterocycles. The SMILES string of the molecule is COc1ccc(-c2c(CN(C)C)c(C(=O)O)nn2-c2ccc(Cl)cc2Cl)cc1. The largest absolute Gasteiger partial charge is 0.497 e. The van der Waals surface area contributed by atoms with Crippen LogP contribution >= 0.6 is 23.2 Å². The summed E-state index contributed by atoms with van der Waals surface area (Å²) in [6.45, 7) is 0.397. The molecule has 0 atom stereocenters. The molecule has 1 N–H and O–H groups in total. The monoisotopic (exact) mass is 419 g/mol. The van der Waals surface area contributed by atoms with Crippen LogP contribution < -0.4 is 4.74 Å². The number of carboxylic acid groups (broad SMARTS) is 1. The minimum Gasteiger partial charge on any atom is -0.497 e. The molecule has 0 radical (unpaired) electrons. The van der Waals surface area contributed by atoms with Gasteiger partial charge in [-0.15, -0.1) is 0 Å². The molecule has 2 aromatic carbocycles. The Labute approximate surface area is 172 Å². The van der Waals surface area contributed by atoms with Gasteiger partial charge in [0.2, 0.25) is 0 Å². The molecule has 0 aliphatic rings. The Kier molecular flexibility index (Phi) is 5.93. The summed E-state index contributed by atoms with van der Waals surface area (Å²) in [5.74, 6) is -0.401. The van der Waals surface area contributed by atoms with Crippen molar-refractivity contribution < 1.29 is 14.6 Å². The topological polar surface area (TPSA) is 67.6 Å². The fourth-order valence-electron chi connectivity index (χ4n) is 2.96. The van der Waals surface area contributed by atoms with Gasteiger partial charge in [-0.05, 0) is 56.6 Å². The van der Waals surface area contributed by atoms with E-state index in [-0.39, 0.29) is 5.69 Å². The highest BCUT2D eigenvalue weighted by atomic mass is 35.5. The Balaban J connectivity index is 2.32. The predicted octanol–water partition coefficient (Wildman–Crippen LogP) is 4.61. The zero-order valence-electron chi connectivity index (χ0n) is 15.6. The summed E-state index contributed by atoms with van der Waals surface area (Å²) in [6.07, 6.45) is 0. The molecule has 146 valence electrons. The number of nitrogens with zero attached hydrogens (tertiary/aromatic N) is 3. The Hall–Kier alpha value is -2.54. The Morgan fingerprint density at radius 1 is 1.18 bits per heavy atom. The van der Waals surface area contributed by atoms with Crippen LogP contribution in [0.3, 0.4) is 0 Å². The highest BCUT2D eigenvalue weighted by Crippen LogP contribution is 2.34. The van der Waals surface area contributed by atoms with Crippen LogP contribution in [0.15, 0.2) is 42.5 Å². The highest BCUT2D eigenvalue weighted by molar-refractivity contribution is 6.35. The maximum Gasteiger partial charge on any atom is 0.356 e. The average Bonchev–Trinajstić information content (AvgIpc) is 3.00. The number of hydrogen-bond donors (Lipinski definition) is 1. The van der Waals surface area contributed by atoms with Gasteiger partial charge in [-0.1, -0.05) is 23.2 Å². The van der Waals surface area contributed by atoms with E-state index in [0.29, 0.717) is 39.3 Å². The summed E-state index contributed by atoms with van der Waals surface area (Å²) >= 11 is 12.4. The van der Waals surface area contributed by atoms with Gasteiger partial charge < -0.3 is 14.7 Å². The van der Waals surface area contributed by atoms with E-state index in [1.54, 1.807) is 30.0 Å². The molecular weight excluding hydrogens is 401 g/mol. The van der Waals surface area contributed by atoms with E-state index in [4.69, 9.17) is 27.9 Å². The average molecular weight is 420 g/mol. The van der Waals surface area contributed by atoms with Crippen molar-refractivity contribution in [2.24, 2.45) is 0 Å². The van der Waals surface area contributed by atoms with Crippen LogP contribution in [0.5, 0.6) is 5.75 Å². The molecule has 0 unspecified atom stereocenters. The lowest BCUT2D eigenvalue weighted by atomic mass is 10.0. The number of halogens is 2. The summed E-state index contributed by atoms with van der Waals surface area (Å²) in [5.41, 5.74) is 2.56. The normalized spacial score (nSPS) is 11.1. The van der Waals surface area contributed by atoms with Crippen LogP contribution in [0.4, 0.5) is 0 Å². The first-order chi connectivity index (χ1) is 13.3. The summed E-state index contributed by atoms with van der Waals surface area (Å²) in [7, 11) is 5.33. The van der Waals surface area contributed by atoms with Crippen LogP contribution in [0.1, 0.15) is 16.1 Å². The molecule has 28 heavy (non-hydrogen) atoms. The molecule has 0 aliphatic carbocycles.